The molecule has 1 aliphatic rings. The maximum Gasteiger partial charge on any atom is 0.410 e. The molecular formula is C19H23N5O3S3. The number of hydrogen-bond donors (Lipinski definition) is 1. The van der Waals surface area contributed by atoms with Gasteiger partial charge in [0.15, 0.2) is 10.3 Å². The van der Waals surface area contributed by atoms with E-state index < -0.39 is 5.60 Å². The fourth-order valence-corrected chi connectivity index (χ4v) is 5.96. The number of aromatic nitrogens is 2. The summed E-state index contributed by atoms with van der Waals surface area (Å²) in [4.78, 5) is 40.2. The fourth-order valence-electron chi connectivity index (χ4n) is 2.92. The Hall–Kier alpha value is -2.24. The van der Waals surface area contributed by atoms with Crippen molar-refractivity contribution in [2.24, 2.45) is 0 Å². The van der Waals surface area contributed by atoms with Gasteiger partial charge in [0, 0.05) is 31.9 Å². The van der Waals surface area contributed by atoms with Crippen molar-refractivity contribution in [3.05, 3.63) is 21.5 Å². The third-order valence-corrected chi connectivity index (χ3v) is 7.61. The van der Waals surface area contributed by atoms with Gasteiger partial charge in [0.2, 0.25) is 0 Å². The summed E-state index contributed by atoms with van der Waals surface area (Å²) >= 11 is 4.34. The average Bonchev–Trinajstić information content (AvgIpc) is 3.31. The van der Waals surface area contributed by atoms with E-state index in [0.29, 0.717) is 29.5 Å². The summed E-state index contributed by atoms with van der Waals surface area (Å²) in [6, 6.07) is 1.87. The van der Waals surface area contributed by atoms with Gasteiger partial charge in [0.05, 0.1) is 21.8 Å². The van der Waals surface area contributed by atoms with Crippen molar-refractivity contribution in [2.45, 2.75) is 39.3 Å². The summed E-state index contributed by atoms with van der Waals surface area (Å²) in [6.07, 6.45) is 0.322. The van der Waals surface area contributed by atoms with Gasteiger partial charge in [-0.1, -0.05) is 22.7 Å². The molecule has 0 aromatic carbocycles. The fraction of sp³-hybridized carbons (Fsp3) is 0.474. The number of fused-ring (bicyclic) bond motifs is 2. The van der Waals surface area contributed by atoms with Crippen LogP contribution < -0.4 is 10.2 Å². The molecule has 0 saturated heterocycles. The quantitative estimate of drug-likeness (QED) is 0.616. The van der Waals surface area contributed by atoms with E-state index in [0.717, 1.165) is 25.2 Å². The molecule has 4 heterocycles. The molecule has 1 N–H and O–H groups in total. The zero-order valence-electron chi connectivity index (χ0n) is 17.4. The molecule has 0 fully saturated rings. The Morgan fingerprint density at radius 3 is 2.63 bits per heavy atom. The van der Waals surface area contributed by atoms with E-state index in [9.17, 15) is 9.59 Å². The molecule has 3 aromatic heterocycles. The SMILES string of the molecule is CN(C)c1nc2sc(C(=O)Nc3nc4c(s3)CN(C(=O)OC(C)(C)C)CC4)cc2s1. The van der Waals surface area contributed by atoms with Crippen LogP contribution in [-0.4, -0.2) is 53.1 Å². The zero-order chi connectivity index (χ0) is 21.6. The molecule has 160 valence electrons. The van der Waals surface area contributed by atoms with Crippen molar-refractivity contribution in [3.8, 4) is 0 Å². The first kappa shape index (κ1) is 21.0. The lowest BCUT2D eigenvalue weighted by atomic mass is 10.2. The number of amides is 2. The molecule has 0 saturated carbocycles. The van der Waals surface area contributed by atoms with Gasteiger partial charge < -0.3 is 14.5 Å². The lowest BCUT2D eigenvalue weighted by molar-refractivity contribution is 0.0225. The van der Waals surface area contributed by atoms with Gasteiger partial charge in [0.1, 0.15) is 10.4 Å². The smallest absolute Gasteiger partial charge is 0.410 e. The van der Waals surface area contributed by atoms with Crippen LogP contribution in [0.4, 0.5) is 15.1 Å². The number of rotatable bonds is 3. The molecule has 0 bridgehead atoms. The van der Waals surface area contributed by atoms with E-state index in [4.69, 9.17) is 4.74 Å². The Kier molecular flexibility index (Phi) is 5.45. The molecule has 0 radical (unpaired) electrons. The number of ether oxygens (including phenoxy) is 1. The highest BCUT2D eigenvalue weighted by Crippen LogP contribution is 2.35. The van der Waals surface area contributed by atoms with Crippen molar-refractivity contribution in [1.29, 1.82) is 0 Å². The summed E-state index contributed by atoms with van der Waals surface area (Å²) in [6.45, 7) is 6.56. The maximum absolute atomic E-state index is 12.7. The number of anilines is 2. The van der Waals surface area contributed by atoms with Gasteiger partial charge in [-0.05, 0) is 26.8 Å². The third kappa shape index (κ3) is 4.42. The van der Waals surface area contributed by atoms with Gasteiger partial charge in [-0.15, -0.1) is 11.3 Å². The van der Waals surface area contributed by atoms with Crippen LogP contribution in [0.2, 0.25) is 0 Å². The van der Waals surface area contributed by atoms with Crippen LogP contribution in [0.5, 0.6) is 0 Å². The minimum Gasteiger partial charge on any atom is -0.444 e. The first-order valence-electron chi connectivity index (χ1n) is 9.44. The number of carbonyl (C=O) groups is 2. The van der Waals surface area contributed by atoms with Gasteiger partial charge in [-0.25, -0.2) is 14.8 Å². The second-order valence-electron chi connectivity index (χ2n) is 8.17. The third-order valence-electron chi connectivity index (χ3n) is 4.29. The van der Waals surface area contributed by atoms with Gasteiger partial charge in [0.25, 0.3) is 5.91 Å². The molecule has 2 amide bonds. The van der Waals surface area contributed by atoms with Gasteiger partial charge in [-0.3, -0.25) is 10.1 Å². The van der Waals surface area contributed by atoms with Gasteiger partial charge in [-0.2, -0.15) is 0 Å². The molecule has 1 aliphatic heterocycles. The van der Waals surface area contributed by atoms with Crippen LogP contribution in [0.3, 0.4) is 0 Å². The predicted molar refractivity (Wildman–Crippen MR) is 122 cm³/mol. The number of nitrogens with one attached hydrogen (secondary N) is 1. The molecule has 0 aliphatic carbocycles. The normalized spacial score (nSPS) is 14.0. The minimum absolute atomic E-state index is 0.188. The highest BCUT2D eigenvalue weighted by Gasteiger charge is 2.28. The number of thiazole rings is 2. The topological polar surface area (TPSA) is 87.7 Å². The predicted octanol–water partition coefficient (Wildman–Crippen LogP) is 4.43. The molecular weight excluding hydrogens is 442 g/mol. The Morgan fingerprint density at radius 2 is 1.97 bits per heavy atom. The molecule has 0 atom stereocenters. The number of carbonyl (C=O) groups excluding carboxylic acids is 2. The zero-order valence-corrected chi connectivity index (χ0v) is 19.9. The van der Waals surface area contributed by atoms with Crippen LogP contribution in [-0.2, 0) is 17.7 Å². The van der Waals surface area contributed by atoms with Crippen LogP contribution >= 0.6 is 34.0 Å². The molecule has 30 heavy (non-hydrogen) atoms. The molecule has 8 nitrogen and oxygen atoms in total. The second kappa shape index (κ2) is 7.78. The Balaban J connectivity index is 1.43. The minimum atomic E-state index is -0.527. The van der Waals surface area contributed by atoms with Crippen LogP contribution in [0.1, 0.15) is 41.0 Å². The first-order chi connectivity index (χ1) is 14.1. The lowest BCUT2D eigenvalue weighted by Crippen LogP contribution is -2.39. The van der Waals surface area contributed by atoms with Crippen molar-refractivity contribution in [2.75, 3.05) is 30.9 Å². The summed E-state index contributed by atoms with van der Waals surface area (Å²) in [5.74, 6) is -0.188. The van der Waals surface area contributed by atoms with Crippen molar-refractivity contribution < 1.29 is 14.3 Å². The standard InChI is InChI=1S/C19H23N5O3S3/c1-19(2,3)27-18(26)24-7-6-10-13(9-24)29-16(20-10)21-14(25)11-8-12-15(28-11)22-17(30-12)23(4)5/h8H,6-7,9H2,1-5H3,(H,20,21,25). The summed E-state index contributed by atoms with van der Waals surface area (Å²) in [5.41, 5.74) is 0.403. The first-order valence-corrected chi connectivity index (χ1v) is 11.9. The van der Waals surface area contributed by atoms with Crippen LogP contribution in [0.15, 0.2) is 6.07 Å². The van der Waals surface area contributed by atoms with Gasteiger partial charge >= 0.3 is 6.09 Å². The Labute approximate surface area is 186 Å². The largest absolute Gasteiger partial charge is 0.444 e. The Bertz CT molecular complexity index is 1080. The van der Waals surface area contributed by atoms with E-state index in [1.54, 1.807) is 16.2 Å². The monoisotopic (exact) mass is 465 g/mol. The molecule has 0 spiro atoms. The highest BCUT2D eigenvalue weighted by molar-refractivity contribution is 7.29. The second-order valence-corrected chi connectivity index (χ2v) is 11.3. The summed E-state index contributed by atoms with van der Waals surface area (Å²) in [7, 11) is 3.90. The number of hydrogen-bond acceptors (Lipinski definition) is 9. The van der Waals surface area contributed by atoms with Crippen molar-refractivity contribution in [1.82, 2.24) is 14.9 Å². The number of thiophene rings is 1. The van der Waals surface area contributed by atoms with Crippen molar-refractivity contribution in [3.63, 3.8) is 0 Å². The van der Waals surface area contributed by atoms with Crippen molar-refractivity contribution >= 4 is 65.8 Å². The van der Waals surface area contributed by atoms with Crippen LogP contribution in [0, 0.1) is 0 Å². The maximum atomic E-state index is 12.7. The van der Waals surface area contributed by atoms with Crippen LogP contribution in [0.25, 0.3) is 9.53 Å². The van der Waals surface area contributed by atoms with E-state index in [-0.39, 0.29) is 12.0 Å². The molecule has 11 heteroatoms. The lowest BCUT2D eigenvalue weighted by Gasteiger charge is -2.29. The average molecular weight is 466 g/mol. The molecule has 0 unspecified atom stereocenters. The van der Waals surface area contributed by atoms with E-state index in [1.165, 1.54) is 22.7 Å². The summed E-state index contributed by atoms with van der Waals surface area (Å²) in [5, 5.41) is 4.37. The summed E-state index contributed by atoms with van der Waals surface area (Å²) < 4.78 is 6.46. The molecule has 3 aromatic rings. The highest BCUT2D eigenvalue weighted by atomic mass is 32.1. The number of nitrogens with zero attached hydrogens (tertiary/aromatic N) is 4. The van der Waals surface area contributed by atoms with E-state index in [1.807, 2.05) is 45.8 Å². The molecule has 4 rings (SSSR count). The Morgan fingerprint density at radius 1 is 1.20 bits per heavy atom. The van der Waals surface area contributed by atoms with E-state index in [2.05, 4.69) is 15.3 Å². The van der Waals surface area contributed by atoms with E-state index >= 15 is 0 Å².